The fourth-order valence-electron chi connectivity index (χ4n) is 4.41. The summed E-state index contributed by atoms with van der Waals surface area (Å²) in [7, 11) is 0. The second-order valence-corrected chi connectivity index (χ2v) is 8.76. The van der Waals surface area contributed by atoms with Crippen molar-refractivity contribution in [1.29, 1.82) is 0 Å². The van der Waals surface area contributed by atoms with Gasteiger partial charge in [-0.3, -0.25) is 9.59 Å². The minimum absolute atomic E-state index is 0.0251. The van der Waals surface area contributed by atoms with Gasteiger partial charge in [0.2, 0.25) is 0 Å². The first-order valence-electron chi connectivity index (χ1n) is 11.3. The first-order valence-corrected chi connectivity index (χ1v) is 11.6. The molecule has 2 fully saturated rings. The van der Waals surface area contributed by atoms with Crippen LogP contribution in [0.4, 0.5) is 10.2 Å². The molecule has 176 valence electrons. The normalized spacial score (nSPS) is 16.7. The van der Waals surface area contributed by atoms with Gasteiger partial charge in [0.15, 0.2) is 0 Å². The van der Waals surface area contributed by atoms with Crippen LogP contribution in [0, 0.1) is 5.82 Å². The van der Waals surface area contributed by atoms with Crippen LogP contribution in [-0.4, -0.2) is 79.1 Å². The number of nitrogens with zero attached hydrogens (tertiary/aromatic N) is 4. The van der Waals surface area contributed by atoms with Gasteiger partial charge < -0.3 is 19.4 Å². The fourth-order valence-corrected chi connectivity index (χ4v) is 4.66. The Kier molecular flexibility index (Phi) is 6.34. The number of halogens is 2. The van der Waals surface area contributed by atoms with E-state index in [1.165, 1.54) is 12.1 Å². The van der Waals surface area contributed by atoms with E-state index in [-0.39, 0.29) is 16.8 Å². The van der Waals surface area contributed by atoms with Crippen LogP contribution in [0.2, 0.25) is 5.02 Å². The van der Waals surface area contributed by atoms with E-state index in [4.69, 9.17) is 21.3 Å². The number of rotatable bonds is 3. The smallest absolute Gasteiger partial charge is 0.255 e. The number of hydrogen-bond donors (Lipinski definition) is 0. The van der Waals surface area contributed by atoms with E-state index < -0.39 is 5.82 Å². The zero-order chi connectivity index (χ0) is 23.7. The quantitative estimate of drug-likeness (QED) is 0.572. The van der Waals surface area contributed by atoms with Gasteiger partial charge in [0.25, 0.3) is 11.8 Å². The largest absolute Gasteiger partial charge is 0.378 e. The molecule has 2 aromatic carbocycles. The van der Waals surface area contributed by atoms with Crippen molar-refractivity contribution in [2.24, 2.45) is 0 Å². The highest BCUT2D eigenvalue weighted by Crippen LogP contribution is 2.26. The van der Waals surface area contributed by atoms with Crippen LogP contribution >= 0.6 is 11.6 Å². The molecule has 0 radical (unpaired) electrons. The van der Waals surface area contributed by atoms with Crippen LogP contribution in [0.15, 0.2) is 48.5 Å². The number of amides is 2. The van der Waals surface area contributed by atoms with E-state index in [1.54, 1.807) is 4.90 Å². The number of para-hydroxylation sites is 1. The molecule has 0 saturated carbocycles. The van der Waals surface area contributed by atoms with E-state index >= 15 is 0 Å². The summed E-state index contributed by atoms with van der Waals surface area (Å²) in [6, 6.07) is 13.3. The first-order chi connectivity index (χ1) is 16.5. The number of anilines is 1. The van der Waals surface area contributed by atoms with Crippen molar-refractivity contribution in [1.82, 2.24) is 14.8 Å². The summed E-state index contributed by atoms with van der Waals surface area (Å²) in [5.41, 5.74) is 1.67. The van der Waals surface area contributed by atoms with Gasteiger partial charge in [-0.2, -0.15) is 0 Å². The molecule has 34 heavy (non-hydrogen) atoms. The summed E-state index contributed by atoms with van der Waals surface area (Å²) >= 11 is 6.08. The molecule has 0 aliphatic carbocycles. The van der Waals surface area contributed by atoms with E-state index in [0.717, 1.165) is 17.0 Å². The first kappa shape index (κ1) is 22.6. The predicted octanol–water partition coefficient (Wildman–Crippen LogP) is 3.46. The van der Waals surface area contributed by atoms with E-state index in [0.29, 0.717) is 69.4 Å². The summed E-state index contributed by atoms with van der Waals surface area (Å²) in [5.74, 6) is -0.0133. The molecule has 0 spiro atoms. The second kappa shape index (κ2) is 9.56. The number of aromatic nitrogens is 1. The molecule has 3 heterocycles. The van der Waals surface area contributed by atoms with E-state index in [9.17, 15) is 14.0 Å². The van der Waals surface area contributed by atoms with Gasteiger partial charge in [0.1, 0.15) is 11.6 Å². The van der Waals surface area contributed by atoms with Crippen LogP contribution < -0.4 is 4.90 Å². The lowest BCUT2D eigenvalue weighted by Gasteiger charge is -2.36. The summed E-state index contributed by atoms with van der Waals surface area (Å²) < 4.78 is 18.7. The number of carbonyl (C=O) groups excluding carboxylic acids is 2. The topological polar surface area (TPSA) is 66.0 Å². The summed E-state index contributed by atoms with van der Waals surface area (Å²) in [6.45, 7) is 4.25. The zero-order valence-corrected chi connectivity index (χ0v) is 19.3. The third-order valence-corrected chi connectivity index (χ3v) is 6.60. The van der Waals surface area contributed by atoms with Gasteiger partial charge in [-0.25, -0.2) is 9.37 Å². The molecule has 7 nitrogen and oxygen atoms in total. The zero-order valence-electron chi connectivity index (χ0n) is 18.5. The predicted molar refractivity (Wildman–Crippen MR) is 128 cm³/mol. The van der Waals surface area contributed by atoms with Crippen molar-refractivity contribution >= 4 is 40.1 Å². The standard InChI is InChI=1S/C25H24ClFN4O3/c26-21-15-17(27)5-6-19(21)24(32)30-9-7-29(8-10-30)23-16-20(18-3-1-2-4-22(18)28-23)25(33)31-11-13-34-14-12-31/h1-6,15-16H,7-14H2. The third-order valence-electron chi connectivity index (χ3n) is 6.28. The lowest BCUT2D eigenvalue weighted by molar-refractivity contribution is 0.0304. The van der Waals surface area contributed by atoms with Crippen molar-refractivity contribution < 1.29 is 18.7 Å². The lowest BCUT2D eigenvalue weighted by Crippen LogP contribution is -2.49. The molecular formula is C25H24ClFN4O3. The van der Waals surface area contributed by atoms with Crippen molar-refractivity contribution in [3.8, 4) is 0 Å². The number of fused-ring (bicyclic) bond motifs is 1. The van der Waals surface area contributed by atoms with E-state index in [2.05, 4.69) is 4.90 Å². The Bertz CT molecular complexity index is 1240. The van der Waals surface area contributed by atoms with Crippen molar-refractivity contribution in [3.05, 3.63) is 70.5 Å². The Morgan fingerprint density at radius 1 is 0.853 bits per heavy atom. The van der Waals surface area contributed by atoms with Gasteiger partial charge in [-0.15, -0.1) is 0 Å². The van der Waals surface area contributed by atoms with Crippen LogP contribution in [-0.2, 0) is 4.74 Å². The summed E-state index contributed by atoms with van der Waals surface area (Å²) in [4.78, 5) is 36.6. The minimum Gasteiger partial charge on any atom is -0.378 e. The maximum atomic E-state index is 13.4. The van der Waals surface area contributed by atoms with Crippen LogP contribution in [0.25, 0.3) is 10.9 Å². The molecule has 2 aliphatic heterocycles. The molecule has 0 bridgehead atoms. The number of morpholine rings is 1. The maximum Gasteiger partial charge on any atom is 0.255 e. The van der Waals surface area contributed by atoms with Crippen LogP contribution in [0.3, 0.4) is 0 Å². The number of benzene rings is 2. The molecule has 0 atom stereocenters. The van der Waals surface area contributed by atoms with Crippen LogP contribution in [0.5, 0.6) is 0 Å². The fraction of sp³-hybridized carbons (Fsp3) is 0.320. The highest BCUT2D eigenvalue weighted by molar-refractivity contribution is 6.33. The number of carbonyl (C=O) groups is 2. The Labute approximate surface area is 201 Å². The molecule has 2 aliphatic rings. The Hall–Kier alpha value is -3.23. The molecule has 5 rings (SSSR count). The summed E-state index contributed by atoms with van der Waals surface area (Å²) in [6.07, 6.45) is 0. The molecule has 3 aromatic rings. The second-order valence-electron chi connectivity index (χ2n) is 8.35. The van der Waals surface area contributed by atoms with Gasteiger partial charge >= 0.3 is 0 Å². The van der Waals surface area contributed by atoms with Crippen molar-refractivity contribution in [2.45, 2.75) is 0 Å². The van der Waals surface area contributed by atoms with Gasteiger partial charge in [-0.05, 0) is 30.3 Å². The van der Waals surface area contributed by atoms with Gasteiger partial charge in [0.05, 0.1) is 34.9 Å². The monoisotopic (exact) mass is 482 g/mol. The molecule has 0 unspecified atom stereocenters. The summed E-state index contributed by atoms with van der Waals surface area (Å²) in [5, 5.41) is 0.928. The van der Waals surface area contributed by atoms with E-state index in [1.807, 2.05) is 35.2 Å². The Morgan fingerprint density at radius 2 is 1.53 bits per heavy atom. The maximum absolute atomic E-state index is 13.4. The average Bonchev–Trinajstić information content (AvgIpc) is 2.88. The number of piperazine rings is 1. The van der Waals surface area contributed by atoms with Crippen LogP contribution in [0.1, 0.15) is 20.7 Å². The molecule has 2 saturated heterocycles. The highest BCUT2D eigenvalue weighted by atomic mass is 35.5. The number of pyridine rings is 1. The van der Waals surface area contributed by atoms with Crippen molar-refractivity contribution in [3.63, 3.8) is 0 Å². The SMILES string of the molecule is O=C(c1ccc(F)cc1Cl)N1CCN(c2cc(C(=O)N3CCOCC3)c3ccccc3n2)CC1. The highest BCUT2D eigenvalue weighted by Gasteiger charge is 2.27. The van der Waals surface area contributed by atoms with Crippen molar-refractivity contribution in [2.75, 3.05) is 57.4 Å². The molecule has 1 aromatic heterocycles. The lowest BCUT2D eigenvalue weighted by atomic mass is 10.1. The third kappa shape index (κ3) is 4.43. The van der Waals surface area contributed by atoms with Gasteiger partial charge in [-0.1, -0.05) is 29.8 Å². The molecular weight excluding hydrogens is 459 g/mol. The number of ether oxygens (including phenoxy) is 1. The Morgan fingerprint density at radius 3 is 2.26 bits per heavy atom. The van der Waals surface area contributed by atoms with Gasteiger partial charge in [0, 0.05) is 44.7 Å². The minimum atomic E-state index is -0.476. The molecule has 9 heteroatoms. The average molecular weight is 483 g/mol. The molecule has 2 amide bonds. The Balaban J connectivity index is 1.37. The number of hydrogen-bond acceptors (Lipinski definition) is 5. The molecule has 0 N–H and O–H groups in total.